The lowest BCUT2D eigenvalue weighted by Crippen LogP contribution is -1.90. The highest BCUT2D eigenvalue weighted by molar-refractivity contribution is 7.71. The number of aryl methyl sites for hydroxylation is 1. The lowest BCUT2D eigenvalue weighted by atomic mass is 10.2. The summed E-state index contributed by atoms with van der Waals surface area (Å²) in [6, 6.07) is 5.71. The fraction of sp³-hybridized carbons (Fsp3) is 0.333. The van der Waals surface area contributed by atoms with Crippen LogP contribution in [0.15, 0.2) is 12.1 Å². The summed E-state index contributed by atoms with van der Waals surface area (Å²) >= 11 is 4.97. The molecule has 12 heavy (non-hydrogen) atoms. The van der Waals surface area contributed by atoms with Crippen LogP contribution in [0, 0.1) is 16.0 Å². The molecule has 0 saturated carbocycles. The Balaban J connectivity index is 3.04. The largest absolute Gasteiger partial charge is 0.349 e. The van der Waals surface area contributed by atoms with Gasteiger partial charge in [0.15, 0.2) is 0 Å². The molecule has 2 nitrogen and oxygen atoms in total. The number of nitrogens with one attached hydrogen (secondary N) is 1. The van der Waals surface area contributed by atoms with E-state index in [0.29, 0.717) is 10.2 Å². The Labute approximate surface area is 76.9 Å². The molecule has 0 atom stereocenters. The summed E-state index contributed by atoms with van der Waals surface area (Å²) in [4.78, 5) is 3.02. The van der Waals surface area contributed by atoms with Crippen molar-refractivity contribution in [3.05, 3.63) is 28.0 Å². The fourth-order valence-electron chi connectivity index (χ4n) is 1.02. The van der Waals surface area contributed by atoms with Crippen LogP contribution in [-0.4, -0.2) is 4.98 Å². The van der Waals surface area contributed by atoms with Crippen molar-refractivity contribution in [1.82, 2.24) is 4.98 Å². The molecule has 0 saturated heterocycles. The minimum atomic E-state index is 0.545. The van der Waals surface area contributed by atoms with Crippen LogP contribution in [0.4, 0.5) is 0 Å². The van der Waals surface area contributed by atoms with Gasteiger partial charge >= 0.3 is 0 Å². The van der Waals surface area contributed by atoms with Gasteiger partial charge in [-0.15, -0.1) is 0 Å². The number of nitrogens with zero attached hydrogens (tertiary/aromatic N) is 1. The van der Waals surface area contributed by atoms with Crippen molar-refractivity contribution in [1.29, 1.82) is 5.26 Å². The molecule has 3 heteroatoms. The standard InChI is InChI=1S/C9H10N2S/c1-2-3-8-5-4-7(6-10)9(12)11-8/h4-5H,2-3H2,1H3,(H,11,12). The van der Waals surface area contributed by atoms with Crippen LogP contribution in [0.2, 0.25) is 0 Å². The van der Waals surface area contributed by atoms with Gasteiger partial charge in [0.25, 0.3) is 0 Å². The molecule has 0 unspecified atom stereocenters. The minimum absolute atomic E-state index is 0.545. The molecule has 0 aliphatic rings. The Morgan fingerprint density at radius 1 is 1.58 bits per heavy atom. The lowest BCUT2D eigenvalue weighted by molar-refractivity contribution is 0.879. The number of nitriles is 1. The molecule has 0 spiro atoms. The fourth-order valence-corrected chi connectivity index (χ4v) is 1.26. The van der Waals surface area contributed by atoms with Crippen LogP contribution in [0.3, 0.4) is 0 Å². The van der Waals surface area contributed by atoms with Gasteiger partial charge in [0.05, 0.1) is 5.56 Å². The van der Waals surface area contributed by atoms with E-state index >= 15 is 0 Å². The molecule has 0 radical (unpaired) electrons. The van der Waals surface area contributed by atoms with E-state index in [4.69, 9.17) is 17.5 Å². The average Bonchev–Trinajstić information content (AvgIpc) is 2.05. The zero-order valence-corrected chi connectivity index (χ0v) is 7.74. The number of pyridine rings is 1. The van der Waals surface area contributed by atoms with Gasteiger partial charge in [-0.3, -0.25) is 0 Å². The highest BCUT2D eigenvalue weighted by atomic mass is 32.1. The number of H-pyrrole nitrogens is 1. The molecule has 0 bridgehead atoms. The van der Waals surface area contributed by atoms with Crippen molar-refractivity contribution in [2.24, 2.45) is 0 Å². The van der Waals surface area contributed by atoms with Crippen LogP contribution in [0.25, 0.3) is 0 Å². The van der Waals surface area contributed by atoms with Gasteiger partial charge in [0.1, 0.15) is 10.7 Å². The molecule has 1 N–H and O–H groups in total. The van der Waals surface area contributed by atoms with Gasteiger partial charge in [-0.1, -0.05) is 25.6 Å². The van der Waals surface area contributed by atoms with E-state index in [1.807, 2.05) is 12.1 Å². The maximum Gasteiger partial charge on any atom is 0.121 e. The maximum atomic E-state index is 8.60. The van der Waals surface area contributed by atoms with Gasteiger partial charge in [-0.05, 0) is 18.6 Å². The molecule has 1 aromatic heterocycles. The van der Waals surface area contributed by atoms with Crippen LogP contribution in [0.5, 0.6) is 0 Å². The first-order valence-corrected chi connectivity index (χ1v) is 4.31. The summed E-state index contributed by atoms with van der Waals surface area (Å²) in [5.41, 5.74) is 1.64. The van der Waals surface area contributed by atoms with E-state index in [-0.39, 0.29) is 0 Å². The van der Waals surface area contributed by atoms with Crippen molar-refractivity contribution in [3.63, 3.8) is 0 Å². The first-order chi connectivity index (χ1) is 5.77. The highest BCUT2D eigenvalue weighted by Gasteiger charge is 1.95. The first-order valence-electron chi connectivity index (χ1n) is 3.90. The Bertz CT molecular complexity index is 360. The zero-order chi connectivity index (χ0) is 8.97. The lowest BCUT2D eigenvalue weighted by Gasteiger charge is -1.98. The Kier molecular flexibility index (Phi) is 3.01. The number of hydrogen-bond acceptors (Lipinski definition) is 2. The molecule has 62 valence electrons. The van der Waals surface area contributed by atoms with Crippen LogP contribution in [0.1, 0.15) is 24.6 Å². The summed E-state index contributed by atoms with van der Waals surface area (Å²) in [5.74, 6) is 0. The normalized spacial score (nSPS) is 9.33. The Hall–Kier alpha value is -1.14. The van der Waals surface area contributed by atoms with E-state index in [1.54, 1.807) is 6.07 Å². The number of hydrogen-bond donors (Lipinski definition) is 1. The Morgan fingerprint density at radius 3 is 2.83 bits per heavy atom. The number of aromatic amines is 1. The van der Waals surface area contributed by atoms with E-state index in [0.717, 1.165) is 18.5 Å². The predicted molar refractivity (Wildman–Crippen MR) is 50.3 cm³/mol. The van der Waals surface area contributed by atoms with Gasteiger partial charge in [-0.2, -0.15) is 5.26 Å². The first kappa shape index (κ1) is 8.95. The monoisotopic (exact) mass is 178 g/mol. The number of aromatic nitrogens is 1. The summed E-state index contributed by atoms with van der Waals surface area (Å²) in [5, 5.41) is 8.60. The smallest absolute Gasteiger partial charge is 0.121 e. The van der Waals surface area contributed by atoms with E-state index in [1.165, 1.54) is 0 Å². The molecule has 1 aromatic rings. The molecule has 0 aliphatic heterocycles. The third-order valence-electron chi connectivity index (χ3n) is 1.61. The summed E-state index contributed by atoms with van der Waals surface area (Å²) in [7, 11) is 0. The third kappa shape index (κ3) is 1.93. The highest BCUT2D eigenvalue weighted by Crippen LogP contribution is 2.03. The maximum absolute atomic E-state index is 8.60. The second-order valence-electron chi connectivity index (χ2n) is 2.59. The van der Waals surface area contributed by atoms with Crippen LogP contribution < -0.4 is 0 Å². The van der Waals surface area contributed by atoms with E-state index < -0.39 is 0 Å². The third-order valence-corrected chi connectivity index (χ3v) is 1.93. The molecule has 0 amide bonds. The number of rotatable bonds is 2. The molecular formula is C9H10N2S. The van der Waals surface area contributed by atoms with Crippen molar-refractivity contribution >= 4 is 12.2 Å². The molecule has 1 heterocycles. The van der Waals surface area contributed by atoms with E-state index in [2.05, 4.69) is 11.9 Å². The van der Waals surface area contributed by atoms with Crippen molar-refractivity contribution in [2.75, 3.05) is 0 Å². The minimum Gasteiger partial charge on any atom is -0.349 e. The SMILES string of the molecule is CCCc1ccc(C#N)c(=S)[nH]1. The topological polar surface area (TPSA) is 39.6 Å². The summed E-state index contributed by atoms with van der Waals surface area (Å²) in [6.45, 7) is 2.11. The quantitative estimate of drug-likeness (QED) is 0.707. The second-order valence-corrected chi connectivity index (χ2v) is 3.00. The molecule has 0 aromatic carbocycles. The van der Waals surface area contributed by atoms with Gasteiger partial charge in [0.2, 0.25) is 0 Å². The average molecular weight is 178 g/mol. The summed E-state index contributed by atoms with van der Waals surface area (Å²) < 4.78 is 0.545. The predicted octanol–water partition coefficient (Wildman–Crippen LogP) is 2.57. The Morgan fingerprint density at radius 2 is 2.33 bits per heavy atom. The second kappa shape index (κ2) is 4.03. The van der Waals surface area contributed by atoms with Crippen molar-refractivity contribution < 1.29 is 0 Å². The zero-order valence-electron chi connectivity index (χ0n) is 6.92. The summed E-state index contributed by atoms with van der Waals surface area (Å²) in [6.07, 6.45) is 2.06. The molecular weight excluding hydrogens is 168 g/mol. The van der Waals surface area contributed by atoms with Crippen LogP contribution in [-0.2, 0) is 6.42 Å². The van der Waals surface area contributed by atoms with Gasteiger partial charge in [0, 0.05) is 5.69 Å². The van der Waals surface area contributed by atoms with Crippen LogP contribution >= 0.6 is 12.2 Å². The molecule has 0 fully saturated rings. The van der Waals surface area contributed by atoms with Gasteiger partial charge in [-0.25, -0.2) is 0 Å². The molecule has 0 aliphatic carbocycles. The van der Waals surface area contributed by atoms with Crippen molar-refractivity contribution in [2.45, 2.75) is 19.8 Å². The van der Waals surface area contributed by atoms with Crippen molar-refractivity contribution in [3.8, 4) is 6.07 Å². The van der Waals surface area contributed by atoms with E-state index in [9.17, 15) is 0 Å². The van der Waals surface area contributed by atoms with Gasteiger partial charge < -0.3 is 4.98 Å². The molecule has 1 rings (SSSR count).